The maximum Gasteiger partial charge on any atom is 0.165 e. The van der Waals surface area contributed by atoms with Gasteiger partial charge in [0, 0.05) is 12.1 Å². The van der Waals surface area contributed by atoms with E-state index in [1.54, 1.807) is 19.2 Å². The molecule has 1 saturated carbocycles. The minimum absolute atomic E-state index is 0.196. The van der Waals surface area contributed by atoms with Crippen molar-refractivity contribution in [3.8, 4) is 5.75 Å². The standard InChI is InChI=1S/C13H18FNO2/c1-15-7-12(16)10-3-2-4-11(14)13(10)17-8-9-5-6-9/h2-4,9,12,15-16H,5-8H2,1H3. The van der Waals surface area contributed by atoms with E-state index < -0.39 is 11.9 Å². The molecule has 0 saturated heterocycles. The van der Waals surface area contributed by atoms with Gasteiger partial charge in [0.2, 0.25) is 0 Å². The number of likely N-dealkylation sites (N-methyl/N-ethyl adjacent to an activating group) is 1. The molecule has 2 rings (SSSR count). The van der Waals surface area contributed by atoms with Crippen LogP contribution >= 0.6 is 0 Å². The highest BCUT2D eigenvalue weighted by Crippen LogP contribution is 2.33. The van der Waals surface area contributed by atoms with Crippen molar-refractivity contribution in [2.45, 2.75) is 18.9 Å². The third-order valence-corrected chi connectivity index (χ3v) is 2.91. The van der Waals surface area contributed by atoms with E-state index in [2.05, 4.69) is 5.32 Å². The molecule has 1 aromatic carbocycles. The van der Waals surface area contributed by atoms with Crippen LogP contribution in [0.3, 0.4) is 0 Å². The third kappa shape index (κ3) is 3.17. The number of nitrogens with one attached hydrogen (secondary N) is 1. The summed E-state index contributed by atoms with van der Waals surface area (Å²) in [4.78, 5) is 0. The van der Waals surface area contributed by atoms with Crippen LogP contribution in [-0.2, 0) is 0 Å². The summed E-state index contributed by atoms with van der Waals surface area (Å²) >= 11 is 0. The molecule has 0 heterocycles. The second-order valence-electron chi connectivity index (χ2n) is 4.49. The lowest BCUT2D eigenvalue weighted by molar-refractivity contribution is 0.168. The van der Waals surface area contributed by atoms with Crippen molar-refractivity contribution < 1.29 is 14.2 Å². The summed E-state index contributed by atoms with van der Waals surface area (Å²) < 4.78 is 19.2. The summed E-state index contributed by atoms with van der Waals surface area (Å²) in [7, 11) is 1.74. The molecule has 1 aliphatic rings. The molecule has 1 unspecified atom stereocenters. The van der Waals surface area contributed by atoms with Crippen LogP contribution < -0.4 is 10.1 Å². The van der Waals surface area contributed by atoms with E-state index in [4.69, 9.17) is 4.74 Å². The van der Waals surface area contributed by atoms with Crippen LogP contribution in [-0.4, -0.2) is 25.3 Å². The molecular formula is C13H18FNO2. The summed E-state index contributed by atoms with van der Waals surface area (Å²) in [6.07, 6.45) is 1.57. The number of halogens is 1. The molecule has 1 fully saturated rings. The first kappa shape index (κ1) is 12.3. The first-order chi connectivity index (χ1) is 8.22. The van der Waals surface area contributed by atoms with Crippen molar-refractivity contribution in [2.24, 2.45) is 5.92 Å². The zero-order chi connectivity index (χ0) is 12.3. The molecule has 2 N–H and O–H groups in total. The number of hydrogen-bond acceptors (Lipinski definition) is 3. The number of aliphatic hydroxyl groups excluding tert-OH is 1. The lowest BCUT2D eigenvalue weighted by atomic mass is 10.1. The zero-order valence-electron chi connectivity index (χ0n) is 9.95. The van der Waals surface area contributed by atoms with Crippen LogP contribution in [0.2, 0.25) is 0 Å². The molecular weight excluding hydrogens is 221 g/mol. The van der Waals surface area contributed by atoms with Crippen molar-refractivity contribution in [3.63, 3.8) is 0 Å². The van der Waals surface area contributed by atoms with Gasteiger partial charge in [0.05, 0.1) is 12.7 Å². The van der Waals surface area contributed by atoms with Gasteiger partial charge in [0.25, 0.3) is 0 Å². The van der Waals surface area contributed by atoms with Crippen LogP contribution in [0.15, 0.2) is 18.2 Å². The molecule has 0 bridgehead atoms. The van der Waals surface area contributed by atoms with Gasteiger partial charge in [-0.15, -0.1) is 0 Å². The number of rotatable bonds is 6. The van der Waals surface area contributed by atoms with E-state index in [1.165, 1.54) is 6.07 Å². The summed E-state index contributed by atoms with van der Waals surface area (Å²) in [6, 6.07) is 4.65. The Morgan fingerprint density at radius 3 is 2.94 bits per heavy atom. The van der Waals surface area contributed by atoms with Crippen molar-refractivity contribution in [1.82, 2.24) is 5.32 Å². The topological polar surface area (TPSA) is 41.5 Å². The SMILES string of the molecule is CNCC(O)c1cccc(F)c1OCC1CC1. The van der Waals surface area contributed by atoms with Crippen LogP contribution in [0.4, 0.5) is 4.39 Å². The lowest BCUT2D eigenvalue weighted by Gasteiger charge is -2.16. The molecule has 1 atom stereocenters. The van der Waals surface area contributed by atoms with Crippen LogP contribution in [0.5, 0.6) is 5.75 Å². The minimum atomic E-state index is -0.745. The highest BCUT2D eigenvalue weighted by atomic mass is 19.1. The van der Waals surface area contributed by atoms with Crippen molar-refractivity contribution >= 4 is 0 Å². The lowest BCUT2D eigenvalue weighted by Crippen LogP contribution is -2.18. The Kier molecular flexibility index (Phi) is 3.97. The fourth-order valence-corrected chi connectivity index (χ4v) is 1.73. The highest BCUT2D eigenvalue weighted by Gasteiger charge is 2.24. The van der Waals surface area contributed by atoms with Crippen LogP contribution in [0.25, 0.3) is 0 Å². The molecule has 0 amide bonds. The van der Waals surface area contributed by atoms with Gasteiger partial charge in [0.15, 0.2) is 11.6 Å². The average molecular weight is 239 g/mol. The van der Waals surface area contributed by atoms with Crippen LogP contribution in [0, 0.1) is 11.7 Å². The quantitative estimate of drug-likeness (QED) is 0.796. The van der Waals surface area contributed by atoms with Crippen LogP contribution in [0.1, 0.15) is 24.5 Å². The van der Waals surface area contributed by atoms with Crippen molar-refractivity contribution in [2.75, 3.05) is 20.2 Å². The average Bonchev–Trinajstić information content (AvgIpc) is 3.11. The van der Waals surface area contributed by atoms with Gasteiger partial charge in [-0.1, -0.05) is 12.1 Å². The third-order valence-electron chi connectivity index (χ3n) is 2.91. The number of ether oxygens (including phenoxy) is 1. The smallest absolute Gasteiger partial charge is 0.165 e. The number of para-hydroxylation sites is 1. The number of hydrogen-bond donors (Lipinski definition) is 2. The predicted octanol–water partition coefficient (Wildman–Crippen LogP) is 1.87. The van der Waals surface area contributed by atoms with Crippen molar-refractivity contribution in [3.05, 3.63) is 29.6 Å². The Labute approximate surface area is 101 Å². The fourth-order valence-electron chi connectivity index (χ4n) is 1.73. The summed E-state index contributed by atoms with van der Waals surface area (Å²) in [5.41, 5.74) is 0.514. The van der Waals surface area contributed by atoms with Gasteiger partial charge < -0.3 is 15.2 Å². The van der Waals surface area contributed by atoms with E-state index >= 15 is 0 Å². The van der Waals surface area contributed by atoms with E-state index in [1.807, 2.05) is 0 Å². The molecule has 3 nitrogen and oxygen atoms in total. The number of aliphatic hydroxyl groups is 1. The summed E-state index contributed by atoms with van der Waals surface area (Å²) in [5.74, 6) is 0.351. The van der Waals surface area contributed by atoms with E-state index in [0.717, 1.165) is 12.8 Å². The Balaban J connectivity index is 2.13. The molecule has 1 aromatic rings. The molecule has 1 aliphatic carbocycles. The predicted molar refractivity (Wildman–Crippen MR) is 63.5 cm³/mol. The zero-order valence-corrected chi connectivity index (χ0v) is 9.95. The van der Waals surface area contributed by atoms with E-state index in [9.17, 15) is 9.50 Å². The second kappa shape index (κ2) is 5.47. The molecule has 0 spiro atoms. The maximum absolute atomic E-state index is 13.7. The molecule has 4 heteroatoms. The molecule has 17 heavy (non-hydrogen) atoms. The largest absolute Gasteiger partial charge is 0.490 e. The Hall–Kier alpha value is -1.13. The first-order valence-electron chi connectivity index (χ1n) is 5.96. The normalized spacial score (nSPS) is 16.9. The summed E-state index contributed by atoms with van der Waals surface area (Å²) in [6.45, 7) is 0.920. The highest BCUT2D eigenvalue weighted by molar-refractivity contribution is 5.36. The first-order valence-corrected chi connectivity index (χ1v) is 5.96. The minimum Gasteiger partial charge on any atom is -0.490 e. The number of benzene rings is 1. The summed E-state index contributed by atoms with van der Waals surface area (Å²) in [5, 5.41) is 12.8. The fraction of sp³-hybridized carbons (Fsp3) is 0.538. The van der Waals surface area contributed by atoms with Gasteiger partial charge >= 0.3 is 0 Å². The van der Waals surface area contributed by atoms with Crippen molar-refractivity contribution in [1.29, 1.82) is 0 Å². The molecule has 0 aromatic heterocycles. The maximum atomic E-state index is 13.7. The Morgan fingerprint density at radius 2 is 2.29 bits per heavy atom. The van der Waals surface area contributed by atoms with E-state index in [0.29, 0.717) is 24.6 Å². The van der Waals surface area contributed by atoms with E-state index in [-0.39, 0.29) is 5.75 Å². The molecule has 0 aliphatic heterocycles. The molecule has 94 valence electrons. The second-order valence-corrected chi connectivity index (χ2v) is 4.49. The van der Waals surface area contributed by atoms with Gasteiger partial charge in [-0.05, 0) is 31.9 Å². The van der Waals surface area contributed by atoms with Gasteiger partial charge in [-0.2, -0.15) is 0 Å². The van der Waals surface area contributed by atoms with Gasteiger partial charge in [-0.25, -0.2) is 4.39 Å². The Bertz CT molecular complexity index is 380. The van der Waals surface area contributed by atoms with Gasteiger partial charge in [0.1, 0.15) is 0 Å². The Morgan fingerprint density at radius 1 is 1.53 bits per heavy atom. The van der Waals surface area contributed by atoms with Gasteiger partial charge in [-0.3, -0.25) is 0 Å². The molecule has 0 radical (unpaired) electrons. The monoisotopic (exact) mass is 239 g/mol.